The smallest absolute Gasteiger partial charge is 0.221 e. The highest BCUT2D eigenvalue weighted by Crippen LogP contribution is 2.00. The average molecular weight is 260 g/mol. The van der Waals surface area contributed by atoms with Crippen LogP contribution in [-0.4, -0.2) is 28.6 Å². The zero-order valence-corrected chi connectivity index (χ0v) is 10.3. The summed E-state index contributed by atoms with van der Waals surface area (Å²) in [5.41, 5.74) is 5.86. The van der Waals surface area contributed by atoms with Crippen molar-refractivity contribution in [2.75, 3.05) is 0 Å². The Balaban J connectivity index is 2.65. The lowest BCUT2D eigenvalue weighted by atomic mass is 10.4. The van der Waals surface area contributed by atoms with Crippen molar-refractivity contribution in [3.63, 3.8) is 0 Å². The molecule has 0 bridgehead atoms. The first-order chi connectivity index (χ1) is 7.43. The van der Waals surface area contributed by atoms with Crippen molar-refractivity contribution in [3.8, 4) is 0 Å². The zero-order chi connectivity index (χ0) is 12.2. The monoisotopic (exact) mass is 260 g/mol. The summed E-state index contributed by atoms with van der Waals surface area (Å²) in [7, 11) is -3.53. The minimum atomic E-state index is -3.53. The van der Waals surface area contributed by atoms with Gasteiger partial charge in [-0.3, -0.25) is 0 Å². The maximum absolute atomic E-state index is 11.6. The fraction of sp³-hybridized carbons (Fsp3) is 0.375. The second kappa shape index (κ2) is 5.28. The molecule has 1 aromatic rings. The van der Waals surface area contributed by atoms with Crippen LogP contribution in [0.3, 0.4) is 0 Å². The SMILES string of the molecule is CC(C(N)=S)S(=O)(=O)NCc1ccncn1. The van der Waals surface area contributed by atoms with Gasteiger partial charge in [-0.1, -0.05) is 12.2 Å². The summed E-state index contributed by atoms with van der Waals surface area (Å²) in [5, 5.41) is -0.899. The lowest BCUT2D eigenvalue weighted by Crippen LogP contribution is -2.39. The highest BCUT2D eigenvalue weighted by atomic mass is 32.2. The van der Waals surface area contributed by atoms with Gasteiger partial charge in [0.25, 0.3) is 0 Å². The van der Waals surface area contributed by atoms with Crippen LogP contribution in [0.2, 0.25) is 0 Å². The van der Waals surface area contributed by atoms with Crippen LogP contribution in [-0.2, 0) is 16.6 Å². The zero-order valence-electron chi connectivity index (χ0n) is 8.62. The molecule has 1 aromatic heterocycles. The molecule has 0 saturated heterocycles. The van der Waals surface area contributed by atoms with Crippen LogP contribution in [0.15, 0.2) is 18.6 Å². The van der Waals surface area contributed by atoms with Crippen molar-refractivity contribution >= 4 is 27.2 Å². The minimum absolute atomic E-state index is 0.0600. The summed E-state index contributed by atoms with van der Waals surface area (Å²) in [6.45, 7) is 1.53. The molecule has 0 aliphatic heterocycles. The normalized spacial score (nSPS) is 13.3. The van der Waals surface area contributed by atoms with E-state index in [0.717, 1.165) is 0 Å². The molecule has 0 radical (unpaired) electrons. The number of nitrogens with zero attached hydrogens (tertiary/aromatic N) is 2. The number of nitrogens with two attached hydrogens (primary N) is 1. The number of hydrogen-bond acceptors (Lipinski definition) is 5. The Morgan fingerprint density at radius 2 is 2.38 bits per heavy atom. The third kappa shape index (κ3) is 3.47. The summed E-state index contributed by atoms with van der Waals surface area (Å²) in [4.78, 5) is 7.55. The molecule has 0 spiro atoms. The Morgan fingerprint density at radius 3 is 2.88 bits per heavy atom. The highest BCUT2D eigenvalue weighted by molar-refractivity contribution is 7.93. The molecule has 0 aromatic carbocycles. The van der Waals surface area contributed by atoms with Crippen molar-refractivity contribution in [2.45, 2.75) is 18.7 Å². The van der Waals surface area contributed by atoms with E-state index in [1.807, 2.05) is 0 Å². The molecule has 1 unspecified atom stereocenters. The molecule has 1 rings (SSSR count). The Labute approximate surface area is 99.3 Å². The largest absolute Gasteiger partial charge is 0.392 e. The fourth-order valence-electron chi connectivity index (χ4n) is 0.875. The lowest BCUT2D eigenvalue weighted by molar-refractivity contribution is 0.577. The van der Waals surface area contributed by atoms with Crippen LogP contribution in [0.5, 0.6) is 0 Å². The molecule has 1 atom stereocenters. The van der Waals surface area contributed by atoms with E-state index >= 15 is 0 Å². The Morgan fingerprint density at radius 1 is 1.69 bits per heavy atom. The van der Waals surface area contributed by atoms with E-state index in [9.17, 15) is 8.42 Å². The van der Waals surface area contributed by atoms with Crippen LogP contribution in [0.4, 0.5) is 0 Å². The Hall–Kier alpha value is -1.12. The first-order valence-corrected chi connectivity index (χ1v) is 6.41. The Bertz CT molecular complexity index is 460. The molecule has 8 heteroatoms. The molecule has 88 valence electrons. The number of hydrogen-bond donors (Lipinski definition) is 2. The summed E-state index contributed by atoms with van der Waals surface area (Å²) in [6.07, 6.45) is 2.88. The molecule has 16 heavy (non-hydrogen) atoms. The predicted octanol–water partition coefficient (Wildman–Crippen LogP) is -0.429. The summed E-state index contributed by atoms with van der Waals surface area (Å²) in [6, 6.07) is 1.62. The van der Waals surface area contributed by atoms with E-state index in [1.165, 1.54) is 19.4 Å². The van der Waals surface area contributed by atoms with Crippen molar-refractivity contribution in [1.82, 2.24) is 14.7 Å². The van der Waals surface area contributed by atoms with Gasteiger partial charge in [0.15, 0.2) is 0 Å². The third-order valence-electron chi connectivity index (χ3n) is 1.96. The van der Waals surface area contributed by atoms with E-state index < -0.39 is 15.3 Å². The van der Waals surface area contributed by atoms with E-state index in [2.05, 4.69) is 26.9 Å². The number of aromatic nitrogens is 2. The quantitative estimate of drug-likeness (QED) is 0.697. The van der Waals surface area contributed by atoms with Crippen molar-refractivity contribution < 1.29 is 8.42 Å². The van der Waals surface area contributed by atoms with Gasteiger partial charge in [-0.2, -0.15) is 0 Å². The molecule has 0 fully saturated rings. The minimum Gasteiger partial charge on any atom is -0.392 e. The number of sulfonamides is 1. The first-order valence-electron chi connectivity index (χ1n) is 4.46. The fourth-order valence-corrected chi connectivity index (χ4v) is 2.16. The molecule has 0 aliphatic rings. The number of rotatable bonds is 5. The van der Waals surface area contributed by atoms with Gasteiger partial charge in [0, 0.05) is 6.20 Å². The van der Waals surface area contributed by atoms with Gasteiger partial charge < -0.3 is 5.73 Å². The maximum Gasteiger partial charge on any atom is 0.221 e. The maximum atomic E-state index is 11.6. The molecule has 6 nitrogen and oxygen atoms in total. The van der Waals surface area contributed by atoms with Crippen LogP contribution in [0.25, 0.3) is 0 Å². The molecule has 1 heterocycles. The van der Waals surface area contributed by atoms with Crippen LogP contribution < -0.4 is 10.5 Å². The second-order valence-electron chi connectivity index (χ2n) is 3.11. The van der Waals surface area contributed by atoms with Gasteiger partial charge in [0.2, 0.25) is 10.0 Å². The van der Waals surface area contributed by atoms with Gasteiger partial charge in [0.1, 0.15) is 11.6 Å². The van der Waals surface area contributed by atoms with Crippen LogP contribution in [0, 0.1) is 0 Å². The molecule has 0 aliphatic carbocycles. The Kier molecular flexibility index (Phi) is 4.27. The third-order valence-corrected chi connectivity index (χ3v) is 4.20. The van der Waals surface area contributed by atoms with Crippen molar-refractivity contribution in [3.05, 3.63) is 24.3 Å². The molecular formula is C8H12N4O2S2. The number of thiocarbonyl (C=S) groups is 1. The van der Waals surface area contributed by atoms with E-state index in [0.29, 0.717) is 5.69 Å². The van der Waals surface area contributed by atoms with Gasteiger partial charge in [-0.05, 0) is 13.0 Å². The first kappa shape index (κ1) is 12.9. The molecule has 3 N–H and O–H groups in total. The average Bonchev–Trinajstić information content (AvgIpc) is 2.27. The summed E-state index contributed by atoms with van der Waals surface area (Å²) in [5.74, 6) is 0. The van der Waals surface area contributed by atoms with Crippen molar-refractivity contribution in [2.24, 2.45) is 5.73 Å². The van der Waals surface area contributed by atoms with E-state index in [1.54, 1.807) is 6.07 Å². The summed E-state index contributed by atoms with van der Waals surface area (Å²) < 4.78 is 25.6. The van der Waals surface area contributed by atoms with Gasteiger partial charge in [-0.15, -0.1) is 0 Å². The lowest BCUT2D eigenvalue weighted by Gasteiger charge is -2.11. The highest BCUT2D eigenvalue weighted by Gasteiger charge is 2.22. The standard InChI is InChI=1S/C8H12N4O2S2/c1-6(8(9)15)16(13,14)12-4-7-2-3-10-5-11-7/h2-3,5-6,12H,4H2,1H3,(H2,9,15). The second-order valence-corrected chi connectivity index (χ2v) is 5.67. The molecule has 0 saturated carbocycles. The summed E-state index contributed by atoms with van der Waals surface area (Å²) >= 11 is 4.63. The van der Waals surface area contributed by atoms with Gasteiger partial charge >= 0.3 is 0 Å². The van der Waals surface area contributed by atoms with Crippen molar-refractivity contribution in [1.29, 1.82) is 0 Å². The topological polar surface area (TPSA) is 98.0 Å². The molecule has 0 amide bonds. The van der Waals surface area contributed by atoms with Gasteiger partial charge in [0.05, 0.1) is 17.2 Å². The van der Waals surface area contributed by atoms with E-state index in [-0.39, 0.29) is 11.5 Å². The predicted molar refractivity (Wildman–Crippen MR) is 64.0 cm³/mol. The number of nitrogens with one attached hydrogen (secondary N) is 1. The van der Waals surface area contributed by atoms with Crippen LogP contribution in [0.1, 0.15) is 12.6 Å². The molecular weight excluding hydrogens is 248 g/mol. The van der Waals surface area contributed by atoms with E-state index in [4.69, 9.17) is 5.73 Å². The van der Waals surface area contributed by atoms with Gasteiger partial charge in [-0.25, -0.2) is 23.1 Å². The van der Waals surface area contributed by atoms with Crippen LogP contribution >= 0.6 is 12.2 Å².